The summed E-state index contributed by atoms with van der Waals surface area (Å²) in [7, 11) is 4.96. The molecule has 0 spiro atoms. The summed E-state index contributed by atoms with van der Waals surface area (Å²) in [5.74, 6) is 2.09. The van der Waals surface area contributed by atoms with Gasteiger partial charge in [-0.05, 0) is 42.0 Å². The van der Waals surface area contributed by atoms with Crippen molar-refractivity contribution in [3.8, 4) is 11.5 Å². The predicted molar refractivity (Wildman–Crippen MR) is 120 cm³/mol. The highest BCUT2D eigenvalue weighted by Gasteiger charge is 2.09. The number of methoxy groups -OCH3 is 2. The maximum atomic E-state index is 12.1. The van der Waals surface area contributed by atoms with Gasteiger partial charge >= 0.3 is 0 Å². The molecule has 0 saturated carbocycles. The zero-order valence-electron chi connectivity index (χ0n) is 17.8. The molecule has 0 fully saturated rings. The van der Waals surface area contributed by atoms with Crippen molar-refractivity contribution in [2.24, 2.45) is 4.99 Å². The molecule has 2 aromatic carbocycles. The number of nitrogens with zero attached hydrogens (tertiary/aromatic N) is 1. The lowest BCUT2D eigenvalue weighted by molar-refractivity contribution is 0.0996. The molecular weight excluding hydrogens is 396 g/mol. The maximum absolute atomic E-state index is 12.1. The Labute approximate surface area is 181 Å². The van der Waals surface area contributed by atoms with Crippen LogP contribution in [0, 0.1) is 0 Å². The van der Waals surface area contributed by atoms with Gasteiger partial charge in [-0.15, -0.1) is 0 Å². The van der Waals surface area contributed by atoms with Crippen LogP contribution < -0.4 is 25.4 Å². The van der Waals surface area contributed by atoms with Gasteiger partial charge < -0.3 is 29.8 Å². The quantitative estimate of drug-likeness (QED) is 0.380. The first kappa shape index (κ1) is 21.8. The Kier molecular flexibility index (Phi) is 7.53. The van der Waals surface area contributed by atoms with Crippen molar-refractivity contribution in [2.75, 3.05) is 26.6 Å². The van der Waals surface area contributed by atoms with E-state index in [4.69, 9.17) is 13.9 Å². The molecule has 0 unspecified atom stereocenters. The van der Waals surface area contributed by atoms with E-state index in [1.807, 2.05) is 42.5 Å². The average Bonchev–Trinajstić information content (AvgIpc) is 3.34. The minimum Gasteiger partial charge on any atom is -0.497 e. The molecule has 0 aliphatic heterocycles. The first-order chi connectivity index (χ1) is 15.1. The fourth-order valence-electron chi connectivity index (χ4n) is 2.94. The number of carbonyl (C=O) groups is 1. The van der Waals surface area contributed by atoms with E-state index in [0.717, 1.165) is 22.6 Å². The molecule has 8 heteroatoms. The van der Waals surface area contributed by atoms with Crippen molar-refractivity contribution in [1.29, 1.82) is 0 Å². The van der Waals surface area contributed by atoms with Crippen molar-refractivity contribution in [1.82, 2.24) is 10.6 Å². The van der Waals surface area contributed by atoms with Crippen molar-refractivity contribution in [3.05, 3.63) is 77.7 Å². The highest BCUT2D eigenvalue weighted by atomic mass is 16.5. The monoisotopic (exact) mass is 422 g/mol. The van der Waals surface area contributed by atoms with Gasteiger partial charge in [0.25, 0.3) is 5.91 Å². The van der Waals surface area contributed by atoms with Crippen LogP contribution in [0.15, 0.2) is 70.3 Å². The standard InChI is InChI=1S/C23H26N4O4/c1-24-23(26-15-17-9-10-19(29-2)13-21(17)30-3)25-14-16-6-4-7-18(12-16)27-22(28)20-8-5-11-31-20/h4-13H,14-15H2,1-3H3,(H,27,28)(H2,24,25,26). The van der Waals surface area contributed by atoms with Crippen molar-refractivity contribution in [3.63, 3.8) is 0 Å². The molecule has 3 aromatic rings. The van der Waals surface area contributed by atoms with Crippen LogP contribution in [0.25, 0.3) is 0 Å². The summed E-state index contributed by atoms with van der Waals surface area (Å²) in [6.45, 7) is 1.07. The van der Waals surface area contributed by atoms with E-state index in [9.17, 15) is 4.79 Å². The van der Waals surface area contributed by atoms with Crippen LogP contribution in [-0.4, -0.2) is 33.1 Å². The molecule has 0 saturated heterocycles. The molecule has 3 N–H and O–H groups in total. The third-order valence-electron chi connectivity index (χ3n) is 4.55. The lowest BCUT2D eigenvalue weighted by atomic mass is 10.2. The Morgan fingerprint density at radius 1 is 1.00 bits per heavy atom. The second kappa shape index (κ2) is 10.7. The van der Waals surface area contributed by atoms with Gasteiger partial charge in [0, 0.05) is 37.5 Å². The number of amides is 1. The van der Waals surface area contributed by atoms with Crippen LogP contribution in [0.3, 0.4) is 0 Å². The van der Waals surface area contributed by atoms with Crippen molar-refractivity contribution in [2.45, 2.75) is 13.1 Å². The number of benzene rings is 2. The second-order valence-electron chi connectivity index (χ2n) is 6.59. The molecule has 1 amide bonds. The van der Waals surface area contributed by atoms with Crippen LogP contribution in [0.5, 0.6) is 11.5 Å². The van der Waals surface area contributed by atoms with Gasteiger partial charge in [-0.2, -0.15) is 0 Å². The maximum Gasteiger partial charge on any atom is 0.291 e. The number of guanidine groups is 1. The first-order valence-corrected chi connectivity index (χ1v) is 9.72. The highest BCUT2D eigenvalue weighted by molar-refractivity contribution is 6.02. The number of furan rings is 1. The fourth-order valence-corrected chi connectivity index (χ4v) is 2.94. The van der Waals surface area contributed by atoms with E-state index in [2.05, 4.69) is 20.9 Å². The summed E-state index contributed by atoms with van der Waals surface area (Å²) in [4.78, 5) is 16.4. The molecule has 0 atom stereocenters. The van der Waals surface area contributed by atoms with E-state index < -0.39 is 0 Å². The van der Waals surface area contributed by atoms with E-state index in [0.29, 0.717) is 24.7 Å². The summed E-state index contributed by atoms with van der Waals surface area (Å²) in [6, 6.07) is 16.5. The summed E-state index contributed by atoms with van der Waals surface area (Å²) in [6.07, 6.45) is 1.47. The minimum atomic E-state index is -0.291. The topological polar surface area (TPSA) is 97.1 Å². The number of anilines is 1. The van der Waals surface area contributed by atoms with E-state index >= 15 is 0 Å². The van der Waals surface area contributed by atoms with Gasteiger partial charge in [0.05, 0.1) is 20.5 Å². The molecule has 8 nitrogen and oxygen atoms in total. The molecule has 1 heterocycles. The van der Waals surface area contributed by atoms with Crippen LogP contribution in [0.4, 0.5) is 5.69 Å². The largest absolute Gasteiger partial charge is 0.497 e. The Bertz CT molecular complexity index is 1030. The molecule has 0 radical (unpaired) electrons. The normalized spacial score (nSPS) is 11.0. The van der Waals surface area contributed by atoms with Gasteiger partial charge in [-0.25, -0.2) is 0 Å². The van der Waals surface area contributed by atoms with E-state index in [1.54, 1.807) is 33.4 Å². The SMILES string of the molecule is CN=C(NCc1cccc(NC(=O)c2ccco2)c1)NCc1ccc(OC)cc1OC. The molecule has 0 bridgehead atoms. The van der Waals surface area contributed by atoms with E-state index in [1.165, 1.54) is 6.26 Å². The third-order valence-corrected chi connectivity index (χ3v) is 4.55. The number of rotatable bonds is 8. The van der Waals surface area contributed by atoms with Crippen LogP contribution in [-0.2, 0) is 13.1 Å². The number of aliphatic imine (C=N–C) groups is 1. The van der Waals surface area contributed by atoms with Gasteiger partial charge in [0.1, 0.15) is 11.5 Å². The zero-order valence-corrected chi connectivity index (χ0v) is 17.8. The Morgan fingerprint density at radius 2 is 1.84 bits per heavy atom. The summed E-state index contributed by atoms with van der Waals surface area (Å²) < 4.78 is 15.8. The number of hydrogen-bond acceptors (Lipinski definition) is 5. The van der Waals surface area contributed by atoms with Gasteiger partial charge in [0.15, 0.2) is 11.7 Å². The zero-order chi connectivity index (χ0) is 22.1. The summed E-state index contributed by atoms with van der Waals surface area (Å²) in [5, 5.41) is 9.36. The highest BCUT2D eigenvalue weighted by Crippen LogP contribution is 2.24. The third kappa shape index (κ3) is 6.02. The van der Waals surface area contributed by atoms with Gasteiger partial charge in [-0.1, -0.05) is 12.1 Å². The lowest BCUT2D eigenvalue weighted by Crippen LogP contribution is -2.36. The molecule has 1 aromatic heterocycles. The van der Waals surface area contributed by atoms with Crippen LogP contribution in [0.1, 0.15) is 21.7 Å². The summed E-state index contributed by atoms with van der Waals surface area (Å²) in [5.41, 5.74) is 2.66. The average molecular weight is 422 g/mol. The van der Waals surface area contributed by atoms with Crippen LogP contribution >= 0.6 is 0 Å². The van der Waals surface area contributed by atoms with Crippen LogP contribution in [0.2, 0.25) is 0 Å². The molecule has 162 valence electrons. The van der Waals surface area contributed by atoms with Crippen molar-refractivity contribution < 1.29 is 18.7 Å². The molecule has 0 aliphatic rings. The predicted octanol–water partition coefficient (Wildman–Crippen LogP) is 3.41. The summed E-state index contributed by atoms with van der Waals surface area (Å²) >= 11 is 0. The van der Waals surface area contributed by atoms with Gasteiger partial charge in [0.2, 0.25) is 0 Å². The number of carbonyl (C=O) groups excluding carboxylic acids is 1. The number of ether oxygens (including phenoxy) is 2. The Morgan fingerprint density at radius 3 is 2.55 bits per heavy atom. The molecular formula is C23H26N4O4. The molecule has 31 heavy (non-hydrogen) atoms. The van der Waals surface area contributed by atoms with Gasteiger partial charge in [-0.3, -0.25) is 9.79 Å². The number of nitrogens with one attached hydrogen (secondary N) is 3. The van der Waals surface area contributed by atoms with Crippen molar-refractivity contribution >= 4 is 17.6 Å². The van der Waals surface area contributed by atoms with E-state index in [-0.39, 0.29) is 11.7 Å². The molecule has 3 rings (SSSR count). The smallest absolute Gasteiger partial charge is 0.291 e. The molecule has 0 aliphatic carbocycles. The first-order valence-electron chi connectivity index (χ1n) is 9.72. The Balaban J connectivity index is 1.55. The second-order valence-corrected chi connectivity index (χ2v) is 6.59. The fraction of sp³-hybridized carbons (Fsp3) is 0.217. The minimum absolute atomic E-state index is 0.266. The Hall–Kier alpha value is -3.94. The lowest BCUT2D eigenvalue weighted by Gasteiger charge is -2.15. The number of hydrogen-bond donors (Lipinski definition) is 3.